The number of hydrogen-bond acceptors (Lipinski definition) is 3. The number of aliphatic hydroxyl groups excluding tert-OH is 1. The molecule has 0 bridgehead atoms. The molecule has 5 nitrogen and oxygen atoms in total. The van der Waals surface area contributed by atoms with Crippen LogP contribution in [0.1, 0.15) is 31.2 Å². The molecule has 1 aromatic heterocycles. The molecule has 2 aromatic rings. The molecule has 132 valence electrons. The van der Waals surface area contributed by atoms with Crippen LogP contribution in [0.5, 0.6) is 0 Å². The van der Waals surface area contributed by atoms with Crippen molar-refractivity contribution in [3.8, 4) is 11.3 Å². The molecule has 1 atom stereocenters. The van der Waals surface area contributed by atoms with E-state index < -0.39 is 0 Å². The maximum absolute atomic E-state index is 12.5. The van der Waals surface area contributed by atoms with Crippen LogP contribution in [0.15, 0.2) is 48.7 Å². The summed E-state index contributed by atoms with van der Waals surface area (Å²) in [5.74, 6) is 0. The number of carbonyl (C=O) groups is 1. The lowest BCUT2D eigenvalue weighted by Gasteiger charge is -2.35. The van der Waals surface area contributed by atoms with E-state index in [2.05, 4.69) is 16.4 Å². The Balaban J connectivity index is 1.62. The number of benzene rings is 1. The Morgan fingerprint density at radius 1 is 1.24 bits per heavy atom. The average Bonchev–Trinajstić information content (AvgIpc) is 2.68. The number of nitrogens with one attached hydrogen (secondary N) is 1. The summed E-state index contributed by atoms with van der Waals surface area (Å²) in [4.78, 5) is 18.8. The van der Waals surface area contributed by atoms with E-state index in [0.717, 1.165) is 42.6 Å². The quantitative estimate of drug-likeness (QED) is 0.879. The van der Waals surface area contributed by atoms with Crippen molar-refractivity contribution in [2.75, 3.05) is 13.2 Å². The molecule has 2 heterocycles. The molecule has 0 aliphatic carbocycles. The Hall–Kier alpha value is -2.40. The monoisotopic (exact) mass is 339 g/mol. The number of aliphatic hydroxyl groups is 1. The van der Waals surface area contributed by atoms with Crippen molar-refractivity contribution in [3.05, 3.63) is 54.2 Å². The van der Waals surface area contributed by atoms with Gasteiger partial charge in [-0.25, -0.2) is 4.79 Å². The fourth-order valence-corrected chi connectivity index (χ4v) is 3.37. The van der Waals surface area contributed by atoms with Gasteiger partial charge in [-0.2, -0.15) is 0 Å². The van der Waals surface area contributed by atoms with E-state index in [1.54, 1.807) is 6.20 Å². The minimum atomic E-state index is -0.0404. The fourth-order valence-electron chi connectivity index (χ4n) is 3.37. The lowest BCUT2D eigenvalue weighted by molar-refractivity contribution is 0.131. The predicted molar refractivity (Wildman–Crippen MR) is 98.0 cm³/mol. The zero-order valence-electron chi connectivity index (χ0n) is 14.4. The standard InChI is InChI=1S/C20H25N3O2/c24-13-10-18-8-2-4-12-23(18)20(25)22-15-16-6-5-7-17(14-16)19-9-1-3-11-21-19/h1,3,5-7,9,11,14,18,24H,2,4,8,10,12-13,15H2,(H,22,25)/t18-/m1/s1. The summed E-state index contributed by atoms with van der Waals surface area (Å²) >= 11 is 0. The van der Waals surface area contributed by atoms with Crippen LogP contribution in [0.3, 0.4) is 0 Å². The van der Waals surface area contributed by atoms with Gasteiger partial charge in [0.2, 0.25) is 0 Å². The SMILES string of the molecule is O=C(NCc1cccc(-c2ccccn2)c1)N1CCCC[C@@H]1CCO. The van der Waals surface area contributed by atoms with Crippen LogP contribution in [-0.2, 0) is 6.54 Å². The molecular weight excluding hydrogens is 314 g/mol. The average molecular weight is 339 g/mol. The van der Waals surface area contributed by atoms with E-state index in [9.17, 15) is 9.90 Å². The maximum atomic E-state index is 12.5. The van der Waals surface area contributed by atoms with Crippen LogP contribution in [0.2, 0.25) is 0 Å². The molecule has 1 aliphatic rings. The van der Waals surface area contributed by atoms with Crippen molar-refractivity contribution in [1.29, 1.82) is 0 Å². The van der Waals surface area contributed by atoms with Gasteiger partial charge < -0.3 is 15.3 Å². The Bertz CT molecular complexity index is 688. The van der Waals surface area contributed by atoms with Crippen molar-refractivity contribution in [2.24, 2.45) is 0 Å². The first-order valence-corrected chi connectivity index (χ1v) is 8.93. The second-order valence-corrected chi connectivity index (χ2v) is 6.43. The highest BCUT2D eigenvalue weighted by molar-refractivity contribution is 5.74. The number of hydrogen-bond donors (Lipinski definition) is 2. The fraction of sp³-hybridized carbons (Fsp3) is 0.400. The van der Waals surface area contributed by atoms with E-state index in [1.165, 1.54) is 0 Å². The molecule has 5 heteroatoms. The van der Waals surface area contributed by atoms with Crippen molar-refractivity contribution < 1.29 is 9.90 Å². The first-order valence-electron chi connectivity index (χ1n) is 8.93. The zero-order valence-corrected chi connectivity index (χ0v) is 14.4. The first kappa shape index (κ1) is 17.4. The minimum absolute atomic E-state index is 0.0404. The third-order valence-corrected chi connectivity index (χ3v) is 4.68. The van der Waals surface area contributed by atoms with E-state index in [0.29, 0.717) is 13.0 Å². The molecule has 0 radical (unpaired) electrons. The normalized spacial score (nSPS) is 17.3. The highest BCUT2D eigenvalue weighted by atomic mass is 16.3. The Morgan fingerprint density at radius 3 is 2.96 bits per heavy atom. The maximum Gasteiger partial charge on any atom is 0.317 e. The van der Waals surface area contributed by atoms with Crippen LogP contribution in [0, 0.1) is 0 Å². The Kier molecular flexibility index (Phi) is 6.01. The van der Waals surface area contributed by atoms with Crippen LogP contribution in [-0.4, -0.2) is 40.2 Å². The number of amides is 2. The van der Waals surface area contributed by atoms with Crippen molar-refractivity contribution >= 4 is 6.03 Å². The van der Waals surface area contributed by atoms with Crippen molar-refractivity contribution in [1.82, 2.24) is 15.2 Å². The third kappa shape index (κ3) is 4.57. The number of likely N-dealkylation sites (tertiary alicyclic amines) is 1. The number of aromatic nitrogens is 1. The van der Waals surface area contributed by atoms with Gasteiger partial charge in [-0.05, 0) is 49.4 Å². The molecular formula is C20H25N3O2. The third-order valence-electron chi connectivity index (χ3n) is 4.68. The Labute approximate surface area is 148 Å². The molecule has 25 heavy (non-hydrogen) atoms. The smallest absolute Gasteiger partial charge is 0.317 e. The second-order valence-electron chi connectivity index (χ2n) is 6.43. The van der Waals surface area contributed by atoms with Gasteiger partial charge in [0.05, 0.1) is 5.69 Å². The van der Waals surface area contributed by atoms with Gasteiger partial charge in [0.25, 0.3) is 0 Å². The van der Waals surface area contributed by atoms with Gasteiger partial charge in [0.15, 0.2) is 0 Å². The van der Waals surface area contributed by atoms with Crippen LogP contribution in [0.4, 0.5) is 4.79 Å². The molecule has 0 spiro atoms. The summed E-state index contributed by atoms with van der Waals surface area (Å²) < 4.78 is 0. The number of pyridine rings is 1. The molecule has 2 N–H and O–H groups in total. The molecule has 2 amide bonds. The van der Waals surface area contributed by atoms with Gasteiger partial charge in [-0.1, -0.05) is 24.3 Å². The highest BCUT2D eigenvalue weighted by Crippen LogP contribution is 2.20. The van der Waals surface area contributed by atoms with E-state index in [1.807, 2.05) is 41.3 Å². The highest BCUT2D eigenvalue weighted by Gasteiger charge is 2.25. The Morgan fingerprint density at radius 2 is 2.16 bits per heavy atom. The molecule has 0 unspecified atom stereocenters. The van der Waals surface area contributed by atoms with Crippen LogP contribution >= 0.6 is 0 Å². The predicted octanol–water partition coefficient (Wildman–Crippen LogP) is 3.20. The largest absolute Gasteiger partial charge is 0.396 e. The van der Waals surface area contributed by atoms with Gasteiger partial charge in [0.1, 0.15) is 0 Å². The molecule has 1 aromatic carbocycles. The lowest BCUT2D eigenvalue weighted by Crippen LogP contribution is -2.48. The summed E-state index contributed by atoms with van der Waals surface area (Å²) in [6, 6.07) is 14.0. The summed E-state index contributed by atoms with van der Waals surface area (Å²) in [5, 5.41) is 12.2. The van der Waals surface area contributed by atoms with Crippen LogP contribution in [0.25, 0.3) is 11.3 Å². The lowest BCUT2D eigenvalue weighted by atomic mass is 10.00. The summed E-state index contributed by atoms with van der Waals surface area (Å²) in [7, 11) is 0. The van der Waals surface area contributed by atoms with Gasteiger partial charge in [-0.15, -0.1) is 0 Å². The topological polar surface area (TPSA) is 65.5 Å². The number of urea groups is 1. The number of nitrogens with zero attached hydrogens (tertiary/aromatic N) is 2. The summed E-state index contributed by atoms with van der Waals surface area (Å²) in [5.41, 5.74) is 3.02. The number of rotatable bonds is 5. The molecule has 1 aliphatic heterocycles. The van der Waals surface area contributed by atoms with Crippen molar-refractivity contribution in [2.45, 2.75) is 38.3 Å². The van der Waals surface area contributed by atoms with Gasteiger partial charge in [-0.3, -0.25) is 4.98 Å². The summed E-state index contributed by atoms with van der Waals surface area (Å²) in [6.45, 7) is 1.38. The second kappa shape index (κ2) is 8.62. The van der Waals surface area contributed by atoms with E-state index in [-0.39, 0.29) is 18.7 Å². The molecule has 1 fully saturated rings. The molecule has 0 saturated carbocycles. The molecule has 1 saturated heterocycles. The zero-order chi connectivity index (χ0) is 17.5. The minimum Gasteiger partial charge on any atom is -0.396 e. The van der Waals surface area contributed by atoms with Gasteiger partial charge in [0, 0.05) is 37.5 Å². The van der Waals surface area contributed by atoms with Gasteiger partial charge >= 0.3 is 6.03 Å². The van der Waals surface area contributed by atoms with E-state index >= 15 is 0 Å². The number of carbonyl (C=O) groups excluding carboxylic acids is 1. The number of piperidine rings is 1. The first-order chi connectivity index (χ1) is 12.3. The van der Waals surface area contributed by atoms with Crippen LogP contribution < -0.4 is 5.32 Å². The van der Waals surface area contributed by atoms with Crippen molar-refractivity contribution in [3.63, 3.8) is 0 Å². The molecule has 3 rings (SSSR count). The van der Waals surface area contributed by atoms with E-state index in [4.69, 9.17) is 0 Å². The summed E-state index contributed by atoms with van der Waals surface area (Å²) in [6.07, 6.45) is 5.57.